The molecule has 2 N–H and O–H groups in total. The summed E-state index contributed by atoms with van der Waals surface area (Å²) in [6, 6.07) is 1.54. The summed E-state index contributed by atoms with van der Waals surface area (Å²) < 4.78 is 0. The van der Waals surface area contributed by atoms with Crippen molar-refractivity contribution in [1.29, 1.82) is 0 Å². The summed E-state index contributed by atoms with van der Waals surface area (Å²) in [4.78, 5) is 5.11. The van der Waals surface area contributed by atoms with Gasteiger partial charge in [-0.2, -0.15) is 0 Å². The van der Waals surface area contributed by atoms with Crippen LogP contribution in [0.2, 0.25) is 0 Å². The van der Waals surface area contributed by atoms with E-state index in [0.29, 0.717) is 18.1 Å². The maximum Gasteiger partial charge on any atom is 0.0242 e. The standard InChI is InChI=1S/C12H27N3/c1-5-12(11(4)13)15-8-6-14(7-9-15)10(2)3/h10-12H,5-9,13H2,1-4H3/t11-,12?/m1/s1. The second-order valence-corrected chi connectivity index (χ2v) is 5.00. The summed E-state index contributed by atoms with van der Waals surface area (Å²) in [7, 11) is 0. The first-order chi connectivity index (χ1) is 7.06. The van der Waals surface area contributed by atoms with Crippen LogP contribution < -0.4 is 5.73 Å². The molecule has 2 atom stereocenters. The molecule has 0 spiro atoms. The maximum atomic E-state index is 6.02. The SMILES string of the molecule is CCC([C@@H](C)N)N1CCN(C(C)C)CC1. The Morgan fingerprint density at radius 3 is 1.80 bits per heavy atom. The number of piperazine rings is 1. The summed E-state index contributed by atoms with van der Waals surface area (Å²) in [5.74, 6) is 0. The van der Waals surface area contributed by atoms with Crippen LogP contribution in [0.25, 0.3) is 0 Å². The van der Waals surface area contributed by atoms with Crippen molar-refractivity contribution >= 4 is 0 Å². The molecule has 1 unspecified atom stereocenters. The van der Waals surface area contributed by atoms with Crippen molar-refractivity contribution in [2.45, 2.75) is 52.2 Å². The third kappa shape index (κ3) is 3.44. The fourth-order valence-corrected chi connectivity index (χ4v) is 2.55. The number of rotatable bonds is 4. The van der Waals surface area contributed by atoms with Gasteiger partial charge in [0.25, 0.3) is 0 Å². The number of hydrogen-bond donors (Lipinski definition) is 1. The molecule has 1 aliphatic heterocycles. The highest BCUT2D eigenvalue weighted by Gasteiger charge is 2.25. The van der Waals surface area contributed by atoms with E-state index in [2.05, 4.69) is 37.5 Å². The Morgan fingerprint density at radius 1 is 1.00 bits per heavy atom. The lowest BCUT2D eigenvalue weighted by Crippen LogP contribution is -2.55. The lowest BCUT2D eigenvalue weighted by atomic mass is 10.0. The van der Waals surface area contributed by atoms with Crippen molar-refractivity contribution in [1.82, 2.24) is 9.80 Å². The lowest BCUT2D eigenvalue weighted by molar-refractivity contribution is 0.0693. The van der Waals surface area contributed by atoms with Gasteiger partial charge >= 0.3 is 0 Å². The maximum absolute atomic E-state index is 6.02. The second-order valence-electron chi connectivity index (χ2n) is 5.00. The molecule has 90 valence electrons. The first kappa shape index (κ1) is 12.9. The Bertz CT molecular complexity index is 172. The van der Waals surface area contributed by atoms with Crippen molar-refractivity contribution in [3.63, 3.8) is 0 Å². The first-order valence-electron chi connectivity index (χ1n) is 6.30. The molecule has 0 aromatic carbocycles. The smallest absolute Gasteiger partial charge is 0.0242 e. The monoisotopic (exact) mass is 213 g/mol. The molecule has 0 radical (unpaired) electrons. The highest BCUT2D eigenvalue weighted by molar-refractivity contribution is 4.83. The average Bonchev–Trinajstić information content (AvgIpc) is 2.19. The van der Waals surface area contributed by atoms with E-state index in [9.17, 15) is 0 Å². The fraction of sp³-hybridized carbons (Fsp3) is 1.00. The number of nitrogens with zero attached hydrogens (tertiary/aromatic N) is 2. The van der Waals surface area contributed by atoms with Gasteiger partial charge in [-0.1, -0.05) is 6.92 Å². The minimum atomic E-state index is 0.292. The molecule has 1 aliphatic rings. The van der Waals surface area contributed by atoms with Gasteiger partial charge in [0.15, 0.2) is 0 Å². The van der Waals surface area contributed by atoms with Crippen LogP contribution in [-0.4, -0.2) is 54.1 Å². The van der Waals surface area contributed by atoms with Gasteiger partial charge in [0, 0.05) is 44.3 Å². The van der Waals surface area contributed by atoms with Crippen LogP contribution in [0.3, 0.4) is 0 Å². The van der Waals surface area contributed by atoms with Crippen LogP contribution in [-0.2, 0) is 0 Å². The van der Waals surface area contributed by atoms with E-state index in [1.54, 1.807) is 0 Å². The highest BCUT2D eigenvalue weighted by Crippen LogP contribution is 2.13. The average molecular weight is 213 g/mol. The van der Waals surface area contributed by atoms with Gasteiger partial charge < -0.3 is 5.73 Å². The predicted octanol–water partition coefficient (Wildman–Crippen LogP) is 1.14. The molecule has 3 nitrogen and oxygen atoms in total. The molecule has 0 bridgehead atoms. The van der Waals surface area contributed by atoms with Crippen LogP contribution >= 0.6 is 0 Å². The Kier molecular flexibility index (Phi) is 5.03. The van der Waals surface area contributed by atoms with Crippen LogP contribution in [0.1, 0.15) is 34.1 Å². The van der Waals surface area contributed by atoms with E-state index in [0.717, 1.165) is 0 Å². The van der Waals surface area contributed by atoms with Crippen molar-refractivity contribution < 1.29 is 0 Å². The molecular formula is C12H27N3. The van der Waals surface area contributed by atoms with Crippen LogP contribution in [0.15, 0.2) is 0 Å². The summed E-state index contributed by atoms with van der Waals surface area (Å²) in [6.07, 6.45) is 1.17. The zero-order valence-corrected chi connectivity index (χ0v) is 10.7. The van der Waals surface area contributed by atoms with Crippen molar-refractivity contribution in [3.05, 3.63) is 0 Å². The molecule has 0 aromatic heterocycles. The third-order valence-corrected chi connectivity index (χ3v) is 3.57. The van der Waals surface area contributed by atoms with E-state index in [-0.39, 0.29) is 0 Å². The van der Waals surface area contributed by atoms with E-state index in [1.165, 1.54) is 32.6 Å². The first-order valence-corrected chi connectivity index (χ1v) is 6.30. The summed E-state index contributed by atoms with van der Waals surface area (Å²) in [5, 5.41) is 0. The van der Waals surface area contributed by atoms with E-state index < -0.39 is 0 Å². The van der Waals surface area contributed by atoms with Gasteiger partial charge in [-0.15, -0.1) is 0 Å². The minimum absolute atomic E-state index is 0.292. The van der Waals surface area contributed by atoms with Gasteiger partial charge in [0.1, 0.15) is 0 Å². The predicted molar refractivity (Wildman–Crippen MR) is 66.0 cm³/mol. The topological polar surface area (TPSA) is 32.5 Å². The van der Waals surface area contributed by atoms with Crippen LogP contribution in [0.4, 0.5) is 0 Å². The molecule has 1 saturated heterocycles. The number of nitrogens with two attached hydrogens (primary N) is 1. The summed E-state index contributed by atoms with van der Waals surface area (Å²) >= 11 is 0. The fourth-order valence-electron chi connectivity index (χ4n) is 2.55. The molecule has 0 aromatic rings. The van der Waals surface area contributed by atoms with Crippen molar-refractivity contribution in [2.75, 3.05) is 26.2 Å². The second kappa shape index (κ2) is 5.83. The van der Waals surface area contributed by atoms with Gasteiger partial charge in [-0.05, 0) is 27.2 Å². The van der Waals surface area contributed by atoms with Gasteiger partial charge in [0.2, 0.25) is 0 Å². The molecule has 1 rings (SSSR count). The van der Waals surface area contributed by atoms with E-state index >= 15 is 0 Å². The van der Waals surface area contributed by atoms with Crippen LogP contribution in [0, 0.1) is 0 Å². The lowest BCUT2D eigenvalue weighted by Gasteiger charge is -2.41. The Morgan fingerprint density at radius 2 is 1.47 bits per heavy atom. The molecule has 15 heavy (non-hydrogen) atoms. The summed E-state index contributed by atoms with van der Waals surface area (Å²) in [6.45, 7) is 13.7. The molecule has 0 amide bonds. The van der Waals surface area contributed by atoms with Gasteiger partial charge in [-0.25, -0.2) is 0 Å². The normalized spacial score (nSPS) is 24.4. The zero-order chi connectivity index (χ0) is 11.4. The Balaban J connectivity index is 2.42. The number of hydrogen-bond acceptors (Lipinski definition) is 3. The van der Waals surface area contributed by atoms with Crippen LogP contribution in [0.5, 0.6) is 0 Å². The van der Waals surface area contributed by atoms with E-state index in [1.807, 2.05) is 0 Å². The molecule has 0 saturated carbocycles. The summed E-state index contributed by atoms with van der Waals surface area (Å²) in [5.41, 5.74) is 6.02. The van der Waals surface area contributed by atoms with Crippen molar-refractivity contribution in [2.24, 2.45) is 5.73 Å². The highest BCUT2D eigenvalue weighted by atomic mass is 15.3. The van der Waals surface area contributed by atoms with Gasteiger partial charge in [-0.3, -0.25) is 9.80 Å². The zero-order valence-electron chi connectivity index (χ0n) is 10.7. The third-order valence-electron chi connectivity index (χ3n) is 3.57. The molecule has 0 aliphatic carbocycles. The van der Waals surface area contributed by atoms with Gasteiger partial charge in [0.05, 0.1) is 0 Å². The largest absolute Gasteiger partial charge is 0.327 e. The Labute approximate surface area is 94.6 Å². The molecule has 3 heteroatoms. The minimum Gasteiger partial charge on any atom is -0.327 e. The Hall–Kier alpha value is -0.120. The van der Waals surface area contributed by atoms with E-state index in [4.69, 9.17) is 5.73 Å². The molecular weight excluding hydrogens is 186 g/mol. The molecule has 1 fully saturated rings. The quantitative estimate of drug-likeness (QED) is 0.760. The van der Waals surface area contributed by atoms with Crippen molar-refractivity contribution in [3.8, 4) is 0 Å². The molecule has 1 heterocycles.